The Bertz CT molecular complexity index is 1460. The first-order valence-corrected chi connectivity index (χ1v) is 10.2. The Morgan fingerprint density at radius 1 is 1.03 bits per heavy atom. The second-order valence-electron chi connectivity index (χ2n) is 7.69. The van der Waals surface area contributed by atoms with Crippen LogP contribution in [0.1, 0.15) is 34.9 Å². The number of esters is 1. The van der Waals surface area contributed by atoms with Gasteiger partial charge < -0.3 is 4.74 Å². The fourth-order valence-corrected chi connectivity index (χ4v) is 3.97. The lowest BCUT2D eigenvalue weighted by Crippen LogP contribution is -2.23. The number of carbonyl (C=O) groups is 1. The molecule has 5 nitrogen and oxygen atoms in total. The number of nitriles is 1. The first-order valence-electron chi connectivity index (χ1n) is 10.2. The van der Waals surface area contributed by atoms with Crippen LogP contribution in [0.2, 0.25) is 0 Å². The van der Waals surface area contributed by atoms with Crippen molar-refractivity contribution in [2.45, 2.75) is 18.9 Å². The minimum absolute atomic E-state index is 0.0654. The summed E-state index contributed by atoms with van der Waals surface area (Å²) in [5.74, 6) is -0.914. The Morgan fingerprint density at radius 2 is 1.78 bits per heavy atom. The van der Waals surface area contributed by atoms with Crippen LogP contribution in [-0.4, -0.2) is 10.5 Å². The molecule has 1 fully saturated rings. The van der Waals surface area contributed by atoms with Crippen LogP contribution in [0.4, 0.5) is 4.39 Å². The van der Waals surface area contributed by atoms with E-state index in [1.54, 1.807) is 60.7 Å². The molecule has 6 heteroatoms. The maximum atomic E-state index is 14.1. The van der Waals surface area contributed by atoms with Crippen molar-refractivity contribution in [3.05, 3.63) is 100 Å². The Kier molecular flexibility index (Phi) is 4.79. The number of nitrogens with zero attached hydrogens (tertiary/aromatic N) is 2. The molecule has 1 aliphatic carbocycles. The van der Waals surface area contributed by atoms with Crippen molar-refractivity contribution < 1.29 is 13.9 Å². The number of aromatic nitrogens is 1. The van der Waals surface area contributed by atoms with E-state index in [4.69, 9.17) is 4.74 Å². The largest absolute Gasteiger partial charge is 0.422 e. The van der Waals surface area contributed by atoms with Gasteiger partial charge in [0, 0.05) is 17.0 Å². The van der Waals surface area contributed by atoms with E-state index in [1.807, 2.05) is 0 Å². The van der Waals surface area contributed by atoms with E-state index in [1.165, 1.54) is 16.7 Å². The van der Waals surface area contributed by atoms with Crippen molar-refractivity contribution in [3.8, 4) is 22.9 Å². The number of hydrogen-bond acceptors (Lipinski definition) is 4. The molecule has 0 amide bonds. The number of halogens is 1. The highest BCUT2D eigenvalue weighted by molar-refractivity contribution is 6.04. The molecule has 5 rings (SSSR count). The van der Waals surface area contributed by atoms with Crippen LogP contribution in [0.25, 0.3) is 21.9 Å². The average Bonchev–Trinajstić information content (AvgIpc) is 3.65. The highest BCUT2D eigenvalue weighted by Gasteiger charge is 2.31. The molecule has 4 aromatic rings. The maximum Gasteiger partial charge on any atom is 0.343 e. The summed E-state index contributed by atoms with van der Waals surface area (Å²) >= 11 is 0. The highest BCUT2D eigenvalue weighted by Crippen LogP contribution is 2.41. The number of hydrogen-bond donors (Lipinski definition) is 0. The third-order valence-electron chi connectivity index (χ3n) is 5.55. The Balaban J connectivity index is 1.82. The van der Waals surface area contributed by atoms with Crippen molar-refractivity contribution in [2.24, 2.45) is 0 Å². The number of rotatable bonds is 4. The van der Waals surface area contributed by atoms with E-state index in [0.717, 1.165) is 12.8 Å². The number of pyridine rings is 1. The second kappa shape index (κ2) is 7.78. The molecular formula is C26H17FN2O3. The van der Waals surface area contributed by atoms with Crippen molar-refractivity contribution >= 4 is 16.7 Å². The summed E-state index contributed by atoms with van der Waals surface area (Å²) in [6.07, 6.45) is 1.59. The van der Waals surface area contributed by atoms with Crippen LogP contribution in [0.3, 0.4) is 0 Å². The molecule has 0 bridgehead atoms. The summed E-state index contributed by atoms with van der Waals surface area (Å²) in [5.41, 5.74) is 0.980. The lowest BCUT2D eigenvalue weighted by Gasteiger charge is -2.18. The second-order valence-corrected chi connectivity index (χ2v) is 7.69. The molecule has 0 atom stereocenters. The van der Waals surface area contributed by atoms with E-state index in [-0.39, 0.29) is 23.0 Å². The van der Waals surface area contributed by atoms with Gasteiger partial charge in [0.2, 0.25) is 0 Å². The van der Waals surface area contributed by atoms with E-state index in [0.29, 0.717) is 27.5 Å². The molecule has 1 aromatic heterocycles. The fourth-order valence-electron chi connectivity index (χ4n) is 3.97. The number of ether oxygens (including phenoxy) is 1. The topological polar surface area (TPSA) is 72.1 Å². The highest BCUT2D eigenvalue weighted by atomic mass is 19.1. The first-order chi connectivity index (χ1) is 15.6. The minimum Gasteiger partial charge on any atom is -0.422 e. The Labute approximate surface area is 182 Å². The van der Waals surface area contributed by atoms with Gasteiger partial charge >= 0.3 is 5.97 Å². The first kappa shape index (κ1) is 19.7. The van der Waals surface area contributed by atoms with E-state index in [9.17, 15) is 19.2 Å². The van der Waals surface area contributed by atoms with Crippen LogP contribution in [-0.2, 0) is 0 Å². The summed E-state index contributed by atoms with van der Waals surface area (Å²) in [4.78, 5) is 26.1. The average molecular weight is 424 g/mol. The molecule has 0 radical (unpaired) electrons. The SMILES string of the molecule is N#Cc1c(-c2cccc(F)c2)c2c(OC(=O)c3ccccc3)cccc2c(=O)n1C1CC1. The van der Waals surface area contributed by atoms with Gasteiger partial charge in [0.1, 0.15) is 23.3 Å². The van der Waals surface area contributed by atoms with Crippen molar-refractivity contribution in [1.29, 1.82) is 5.26 Å². The van der Waals surface area contributed by atoms with Gasteiger partial charge in [0.25, 0.3) is 5.56 Å². The van der Waals surface area contributed by atoms with Crippen LogP contribution in [0.5, 0.6) is 5.75 Å². The monoisotopic (exact) mass is 424 g/mol. The van der Waals surface area contributed by atoms with Crippen LogP contribution in [0.15, 0.2) is 77.6 Å². The van der Waals surface area contributed by atoms with Crippen molar-refractivity contribution in [3.63, 3.8) is 0 Å². The maximum absolute atomic E-state index is 14.1. The van der Waals surface area contributed by atoms with Gasteiger partial charge in [-0.1, -0.05) is 36.4 Å². The standard InChI is InChI=1S/C26H17FN2O3/c27-18-9-4-8-17(14-18)23-21(15-28)29(19-12-13-19)25(30)20-10-5-11-22(24(20)23)32-26(31)16-6-2-1-3-7-16/h1-11,14,19H,12-13H2. The fraction of sp³-hybridized carbons (Fsp3) is 0.115. The number of carbonyl (C=O) groups excluding carboxylic acids is 1. The molecule has 156 valence electrons. The molecule has 1 heterocycles. The van der Waals surface area contributed by atoms with Gasteiger partial charge in [0.05, 0.1) is 10.9 Å². The van der Waals surface area contributed by atoms with Crippen molar-refractivity contribution in [2.75, 3.05) is 0 Å². The summed E-state index contributed by atoms with van der Waals surface area (Å²) in [5, 5.41) is 10.7. The van der Waals surface area contributed by atoms with Gasteiger partial charge in [-0.2, -0.15) is 5.26 Å². The zero-order chi connectivity index (χ0) is 22.2. The van der Waals surface area contributed by atoms with E-state index >= 15 is 0 Å². The number of fused-ring (bicyclic) bond motifs is 1. The smallest absolute Gasteiger partial charge is 0.343 e. The third-order valence-corrected chi connectivity index (χ3v) is 5.55. The molecule has 1 saturated carbocycles. The van der Waals surface area contributed by atoms with E-state index < -0.39 is 11.8 Å². The van der Waals surface area contributed by atoms with E-state index in [2.05, 4.69) is 6.07 Å². The minimum atomic E-state index is -0.590. The van der Waals surface area contributed by atoms with Gasteiger partial charge in [-0.05, 0) is 54.8 Å². The summed E-state index contributed by atoms with van der Waals surface area (Å²) in [6, 6.07) is 21.3. The normalized spacial score (nSPS) is 13.0. The lowest BCUT2D eigenvalue weighted by molar-refractivity contribution is 0.0737. The number of benzene rings is 3. The predicted octanol–water partition coefficient (Wildman–Crippen LogP) is 5.23. The summed E-state index contributed by atoms with van der Waals surface area (Å²) in [7, 11) is 0. The molecule has 3 aromatic carbocycles. The van der Waals surface area contributed by atoms with Crippen LogP contribution < -0.4 is 10.3 Å². The van der Waals surface area contributed by atoms with Gasteiger partial charge in [-0.3, -0.25) is 9.36 Å². The quantitative estimate of drug-likeness (QED) is 0.332. The Hall–Kier alpha value is -4.24. The van der Waals surface area contributed by atoms with Crippen LogP contribution in [0, 0.1) is 17.1 Å². The van der Waals surface area contributed by atoms with Gasteiger partial charge in [0.15, 0.2) is 0 Å². The summed E-state index contributed by atoms with van der Waals surface area (Å²) < 4.78 is 21.3. The molecule has 0 unspecified atom stereocenters. The zero-order valence-corrected chi connectivity index (χ0v) is 16.9. The predicted molar refractivity (Wildman–Crippen MR) is 118 cm³/mol. The Morgan fingerprint density at radius 3 is 2.47 bits per heavy atom. The molecule has 0 N–H and O–H groups in total. The zero-order valence-electron chi connectivity index (χ0n) is 16.9. The van der Waals surface area contributed by atoms with Crippen molar-refractivity contribution in [1.82, 2.24) is 4.57 Å². The molecule has 0 spiro atoms. The molecule has 1 aliphatic rings. The summed E-state index contributed by atoms with van der Waals surface area (Å²) in [6.45, 7) is 0. The lowest BCUT2D eigenvalue weighted by atomic mass is 9.96. The molecular weight excluding hydrogens is 407 g/mol. The van der Waals surface area contributed by atoms with Gasteiger partial charge in [-0.25, -0.2) is 9.18 Å². The molecule has 32 heavy (non-hydrogen) atoms. The third kappa shape index (κ3) is 3.34. The van der Waals surface area contributed by atoms with Gasteiger partial charge in [-0.15, -0.1) is 0 Å². The molecule has 0 saturated heterocycles. The van der Waals surface area contributed by atoms with Crippen LogP contribution >= 0.6 is 0 Å². The molecule has 0 aliphatic heterocycles.